The summed E-state index contributed by atoms with van der Waals surface area (Å²) in [6.45, 7) is 0.448. The molecule has 0 saturated carbocycles. The van der Waals surface area contributed by atoms with Gasteiger partial charge in [0.25, 0.3) is 5.69 Å². The third kappa shape index (κ3) is 3.02. The van der Waals surface area contributed by atoms with Crippen LogP contribution in [0.5, 0.6) is 0 Å². The van der Waals surface area contributed by atoms with Gasteiger partial charge < -0.3 is 9.73 Å². The molecule has 1 heterocycles. The molecule has 1 N–H and O–H groups in total. The summed E-state index contributed by atoms with van der Waals surface area (Å²) >= 11 is 9.14. The molecule has 7 heteroatoms. The first-order valence-electron chi connectivity index (χ1n) is 4.98. The number of hydrogen-bond donors (Lipinski definition) is 1. The Balaban J connectivity index is 2.08. The Morgan fingerprint density at radius 3 is 2.72 bits per heavy atom. The Morgan fingerprint density at radius 1 is 1.39 bits per heavy atom. The molecule has 2 aromatic rings. The summed E-state index contributed by atoms with van der Waals surface area (Å²) in [5.41, 5.74) is 0.584. The van der Waals surface area contributed by atoms with Crippen molar-refractivity contribution < 1.29 is 9.34 Å². The van der Waals surface area contributed by atoms with Gasteiger partial charge in [-0.1, -0.05) is 11.6 Å². The zero-order valence-corrected chi connectivity index (χ0v) is 11.4. The third-order valence-electron chi connectivity index (χ3n) is 2.25. The Labute approximate surface area is 116 Å². The first-order valence-corrected chi connectivity index (χ1v) is 6.15. The van der Waals surface area contributed by atoms with E-state index >= 15 is 0 Å². The molecule has 0 aliphatic rings. The number of hydrogen-bond acceptors (Lipinski definition) is 4. The van der Waals surface area contributed by atoms with E-state index in [-0.39, 0.29) is 5.69 Å². The van der Waals surface area contributed by atoms with Crippen molar-refractivity contribution in [3.8, 4) is 0 Å². The van der Waals surface area contributed by atoms with Gasteiger partial charge in [0.2, 0.25) is 0 Å². The van der Waals surface area contributed by atoms with E-state index in [1.54, 1.807) is 12.1 Å². The largest absolute Gasteiger partial charge is 0.452 e. The normalized spacial score (nSPS) is 10.3. The topological polar surface area (TPSA) is 68.3 Å². The van der Waals surface area contributed by atoms with Crippen LogP contribution >= 0.6 is 27.5 Å². The minimum atomic E-state index is -0.487. The molecule has 0 atom stereocenters. The van der Waals surface area contributed by atoms with Crippen molar-refractivity contribution in [2.75, 3.05) is 5.32 Å². The lowest BCUT2D eigenvalue weighted by Crippen LogP contribution is -1.99. The van der Waals surface area contributed by atoms with E-state index in [2.05, 4.69) is 21.2 Å². The number of nitro benzene ring substituents is 1. The Hall–Kier alpha value is -1.53. The van der Waals surface area contributed by atoms with Crippen molar-refractivity contribution in [2.24, 2.45) is 0 Å². The number of halogens is 2. The average molecular weight is 332 g/mol. The molecule has 0 saturated heterocycles. The minimum Gasteiger partial charge on any atom is -0.452 e. The maximum absolute atomic E-state index is 10.6. The third-order valence-corrected chi connectivity index (χ3v) is 2.98. The first-order chi connectivity index (χ1) is 8.56. The van der Waals surface area contributed by atoms with Gasteiger partial charge in [-0.2, -0.15) is 0 Å². The van der Waals surface area contributed by atoms with Crippen LogP contribution in [0.1, 0.15) is 5.76 Å². The van der Waals surface area contributed by atoms with Crippen molar-refractivity contribution in [3.63, 3.8) is 0 Å². The maximum Gasteiger partial charge on any atom is 0.271 e. The van der Waals surface area contributed by atoms with Crippen molar-refractivity contribution in [3.05, 3.63) is 55.9 Å². The van der Waals surface area contributed by atoms with E-state index in [9.17, 15) is 10.1 Å². The molecular formula is C11H8BrClN2O3. The van der Waals surface area contributed by atoms with Crippen LogP contribution in [-0.4, -0.2) is 4.92 Å². The van der Waals surface area contributed by atoms with Gasteiger partial charge in [-0.25, -0.2) is 0 Å². The van der Waals surface area contributed by atoms with E-state index in [0.717, 1.165) is 5.76 Å². The van der Waals surface area contributed by atoms with Crippen LogP contribution in [0, 0.1) is 10.1 Å². The van der Waals surface area contributed by atoms with Gasteiger partial charge in [0.05, 0.1) is 22.2 Å². The molecule has 0 spiro atoms. The van der Waals surface area contributed by atoms with Crippen LogP contribution in [0.25, 0.3) is 0 Å². The monoisotopic (exact) mass is 330 g/mol. The highest BCUT2D eigenvalue weighted by atomic mass is 79.9. The van der Waals surface area contributed by atoms with Gasteiger partial charge in [0, 0.05) is 12.1 Å². The fourth-order valence-corrected chi connectivity index (χ4v) is 1.97. The summed E-state index contributed by atoms with van der Waals surface area (Å²) in [6, 6.07) is 7.87. The fourth-order valence-electron chi connectivity index (χ4n) is 1.39. The standard InChI is InChI=1S/C11H8BrClN2O3/c12-11-4-2-8(18-11)6-14-10-3-1-7(15(16)17)5-9(10)13/h1-5,14H,6H2. The van der Waals surface area contributed by atoms with Crippen molar-refractivity contribution in [1.29, 1.82) is 0 Å². The summed E-state index contributed by atoms with van der Waals surface area (Å²) in [4.78, 5) is 10.1. The molecule has 0 aliphatic heterocycles. The molecular weight excluding hydrogens is 323 g/mol. The quantitative estimate of drug-likeness (QED) is 0.673. The Kier molecular flexibility index (Phi) is 3.88. The van der Waals surface area contributed by atoms with E-state index in [1.165, 1.54) is 12.1 Å². The summed E-state index contributed by atoms with van der Waals surface area (Å²) < 4.78 is 5.96. The highest BCUT2D eigenvalue weighted by Gasteiger charge is 2.09. The van der Waals surface area contributed by atoms with Gasteiger partial charge in [0.1, 0.15) is 5.76 Å². The summed E-state index contributed by atoms with van der Waals surface area (Å²) in [7, 11) is 0. The lowest BCUT2D eigenvalue weighted by Gasteiger charge is -2.06. The number of non-ortho nitro benzene ring substituents is 1. The molecule has 0 bridgehead atoms. The lowest BCUT2D eigenvalue weighted by molar-refractivity contribution is -0.384. The highest BCUT2D eigenvalue weighted by Crippen LogP contribution is 2.27. The summed E-state index contributed by atoms with van der Waals surface area (Å²) in [5.74, 6) is 0.733. The molecule has 0 amide bonds. The molecule has 1 aromatic carbocycles. The number of benzene rings is 1. The Bertz CT molecular complexity index is 585. The van der Waals surface area contributed by atoms with Gasteiger partial charge in [-0.15, -0.1) is 0 Å². The second kappa shape index (κ2) is 5.41. The summed E-state index contributed by atoms with van der Waals surface area (Å²) in [5, 5.41) is 13.9. The number of anilines is 1. The zero-order chi connectivity index (χ0) is 13.1. The second-order valence-electron chi connectivity index (χ2n) is 3.48. The average Bonchev–Trinajstić information content (AvgIpc) is 2.73. The Morgan fingerprint density at radius 2 is 2.17 bits per heavy atom. The lowest BCUT2D eigenvalue weighted by atomic mass is 10.3. The number of nitrogens with zero attached hydrogens (tertiary/aromatic N) is 1. The molecule has 2 rings (SSSR count). The fraction of sp³-hybridized carbons (Fsp3) is 0.0909. The van der Waals surface area contributed by atoms with Crippen LogP contribution in [0.3, 0.4) is 0 Å². The minimum absolute atomic E-state index is 0.0358. The van der Waals surface area contributed by atoms with Gasteiger partial charge in [-0.05, 0) is 34.1 Å². The predicted molar refractivity (Wildman–Crippen MR) is 71.8 cm³/mol. The molecule has 0 aliphatic carbocycles. The van der Waals surface area contributed by atoms with E-state index in [0.29, 0.717) is 21.9 Å². The molecule has 18 heavy (non-hydrogen) atoms. The van der Waals surface area contributed by atoms with Crippen LogP contribution in [-0.2, 0) is 6.54 Å². The maximum atomic E-state index is 10.6. The highest BCUT2D eigenvalue weighted by molar-refractivity contribution is 9.10. The summed E-state index contributed by atoms with van der Waals surface area (Å²) in [6.07, 6.45) is 0. The molecule has 0 unspecified atom stereocenters. The number of nitro groups is 1. The van der Waals surface area contributed by atoms with E-state index < -0.39 is 4.92 Å². The van der Waals surface area contributed by atoms with Crippen molar-refractivity contribution >= 4 is 38.9 Å². The number of rotatable bonds is 4. The number of nitrogens with one attached hydrogen (secondary N) is 1. The molecule has 1 aromatic heterocycles. The van der Waals surface area contributed by atoms with Gasteiger partial charge in [0.15, 0.2) is 4.67 Å². The van der Waals surface area contributed by atoms with Crippen LogP contribution in [0.2, 0.25) is 5.02 Å². The molecule has 94 valence electrons. The van der Waals surface area contributed by atoms with E-state index in [4.69, 9.17) is 16.0 Å². The van der Waals surface area contributed by atoms with Crippen molar-refractivity contribution in [1.82, 2.24) is 0 Å². The van der Waals surface area contributed by atoms with Gasteiger partial charge >= 0.3 is 0 Å². The predicted octanol–water partition coefficient (Wildman–Crippen LogP) is 4.22. The smallest absolute Gasteiger partial charge is 0.271 e. The molecule has 0 fully saturated rings. The van der Waals surface area contributed by atoms with Crippen molar-refractivity contribution in [2.45, 2.75) is 6.54 Å². The second-order valence-corrected chi connectivity index (χ2v) is 4.67. The van der Waals surface area contributed by atoms with Crippen LogP contribution in [0.4, 0.5) is 11.4 Å². The molecule has 0 radical (unpaired) electrons. The first kappa shape index (κ1) is 12.9. The molecule has 5 nitrogen and oxygen atoms in total. The SMILES string of the molecule is O=[N+]([O-])c1ccc(NCc2ccc(Br)o2)c(Cl)c1. The van der Waals surface area contributed by atoms with Crippen LogP contribution < -0.4 is 5.32 Å². The number of furan rings is 1. The van der Waals surface area contributed by atoms with E-state index in [1.807, 2.05) is 6.07 Å². The zero-order valence-electron chi connectivity index (χ0n) is 9.02. The van der Waals surface area contributed by atoms with Crippen LogP contribution in [0.15, 0.2) is 39.4 Å². The van der Waals surface area contributed by atoms with Gasteiger partial charge in [-0.3, -0.25) is 10.1 Å².